The quantitative estimate of drug-likeness (QED) is 0.474. The lowest BCUT2D eigenvalue weighted by Gasteiger charge is -2.40. The van der Waals surface area contributed by atoms with Crippen LogP contribution in [0, 0.1) is 34.7 Å². The fourth-order valence-electron chi connectivity index (χ4n) is 4.28. The second kappa shape index (κ2) is 10.6. The van der Waals surface area contributed by atoms with Crippen molar-refractivity contribution in [2.24, 2.45) is 11.7 Å². The predicted octanol–water partition coefficient (Wildman–Crippen LogP) is 3.86. The van der Waals surface area contributed by atoms with Gasteiger partial charge in [0.25, 0.3) is 5.91 Å². The molecule has 3 heterocycles. The largest absolute Gasteiger partial charge is 0.389 e. The first kappa shape index (κ1) is 26.2. The molecule has 2 aromatic heterocycles. The standard InChI is InChI=1S/C26H24F3N5O3/c1-12(2)25-24(35)17(31)9-20(37-25)14-7-8-32-11-19(14)34-26(36)18-6-5-16(28)23(33-18)21-15(27)4-3-13(10-30)22(21)29/h3-8,11-12,17,20,24-25,35H,9,31H2,1-2H3,(H,34,36)/t17-,20-,24+,25-/m1/s1. The number of rotatable bonds is 5. The minimum atomic E-state index is -1.28. The summed E-state index contributed by atoms with van der Waals surface area (Å²) in [6.07, 6.45) is 1.25. The average Bonchev–Trinajstić information content (AvgIpc) is 2.87. The minimum Gasteiger partial charge on any atom is -0.389 e. The van der Waals surface area contributed by atoms with Gasteiger partial charge in [0.15, 0.2) is 5.82 Å². The van der Waals surface area contributed by atoms with Crippen LogP contribution < -0.4 is 11.1 Å². The zero-order valence-electron chi connectivity index (χ0n) is 20.0. The Bertz CT molecular complexity index is 1380. The number of hydrogen-bond acceptors (Lipinski definition) is 7. The Balaban J connectivity index is 1.65. The Kier molecular flexibility index (Phi) is 7.54. The normalized spacial score (nSPS) is 21.5. The SMILES string of the molecule is CC(C)[C@H]1O[C@@H](c2ccncc2NC(=O)c2ccc(F)c(-c3c(F)ccc(C#N)c3F)n2)C[C@@H](N)[C@@H]1O. The molecule has 11 heteroatoms. The van der Waals surface area contributed by atoms with Crippen LogP contribution in [0.3, 0.4) is 0 Å². The van der Waals surface area contributed by atoms with Crippen molar-refractivity contribution in [2.75, 3.05) is 5.32 Å². The number of nitrogens with two attached hydrogens (primary N) is 1. The van der Waals surface area contributed by atoms with Crippen molar-refractivity contribution in [1.29, 1.82) is 5.26 Å². The van der Waals surface area contributed by atoms with Gasteiger partial charge in [-0.2, -0.15) is 5.26 Å². The molecule has 0 saturated carbocycles. The molecule has 1 aliphatic heterocycles. The maximum atomic E-state index is 14.7. The number of carbonyl (C=O) groups excluding carboxylic acids is 1. The molecule has 37 heavy (non-hydrogen) atoms. The van der Waals surface area contributed by atoms with Crippen LogP contribution in [-0.2, 0) is 4.74 Å². The predicted molar refractivity (Wildman–Crippen MR) is 128 cm³/mol. The first-order valence-electron chi connectivity index (χ1n) is 11.5. The number of pyridine rings is 2. The third-order valence-corrected chi connectivity index (χ3v) is 6.22. The Morgan fingerprint density at radius 3 is 2.65 bits per heavy atom. The van der Waals surface area contributed by atoms with E-state index in [1.165, 1.54) is 12.4 Å². The van der Waals surface area contributed by atoms with Crippen LogP contribution in [-0.4, -0.2) is 39.2 Å². The lowest BCUT2D eigenvalue weighted by molar-refractivity contribution is -0.145. The van der Waals surface area contributed by atoms with E-state index in [-0.39, 0.29) is 23.7 Å². The number of benzene rings is 1. The Morgan fingerprint density at radius 1 is 1.22 bits per heavy atom. The van der Waals surface area contributed by atoms with E-state index in [2.05, 4.69) is 15.3 Å². The summed E-state index contributed by atoms with van der Waals surface area (Å²) in [7, 11) is 0. The highest BCUT2D eigenvalue weighted by atomic mass is 19.1. The van der Waals surface area contributed by atoms with Crippen LogP contribution in [0.1, 0.15) is 48.0 Å². The van der Waals surface area contributed by atoms with Crippen LogP contribution >= 0.6 is 0 Å². The van der Waals surface area contributed by atoms with Crippen molar-refractivity contribution >= 4 is 11.6 Å². The van der Waals surface area contributed by atoms with E-state index in [1.54, 1.807) is 12.1 Å². The molecule has 1 amide bonds. The molecule has 1 aromatic carbocycles. The molecule has 0 bridgehead atoms. The van der Waals surface area contributed by atoms with E-state index in [0.717, 1.165) is 24.3 Å². The summed E-state index contributed by atoms with van der Waals surface area (Å²) in [5.41, 5.74) is 4.54. The molecule has 0 radical (unpaired) electrons. The molecule has 1 fully saturated rings. The van der Waals surface area contributed by atoms with Gasteiger partial charge in [0, 0.05) is 17.8 Å². The molecule has 8 nitrogen and oxygen atoms in total. The summed E-state index contributed by atoms with van der Waals surface area (Å²) in [4.78, 5) is 20.9. The Hall–Kier alpha value is -3.85. The molecule has 4 atom stereocenters. The number of nitrogens with one attached hydrogen (secondary N) is 1. The molecular weight excluding hydrogens is 487 g/mol. The maximum Gasteiger partial charge on any atom is 0.274 e. The maximum absolute atomic E-state index is 14.7. The third kappa shape index (κ3) is 5.17. The first-order chi connectivity index (χ1) is 17.6. The van der Waals surface area contributed by atoms with Crippen LogP contribution in [0.5, 0.6) is 0 Å². The fraction of sp³-hybridized carbons (Fsp3) is 0.308. The Labute approximate surface area is 210 Å². The molecule has 0 aliphatic carbocycles. The van der Waals surface area contributed by atoms with Gasteiger partial charge in [-0.3, -0.25) is 9.78 Å². The molecular formula is C26H24F3N5O3. The highest BCUT2D eigenvalue weighted by molar-refractivity contribution is 6.03. The van der Waals surface area contributed by atoms with E-state index >= 15 is 0 Å². The second-order valence-corrected chi connectivity index (χ2v) is 9.06. The van der Waals surface area contributed by atoms with Gasteiger partial charge in [-0.1, -0.05) is 13.8 Å². The van der Waals surface area contributed by atoms with Gasteiger partial charge in [0.1, 0.15) is 29.1 Å². The summed E-state index contributed by atoms with van der Waals surface area (Å²) in [5, 5.41) is 22.1. The van der Waals surface area contributed by atoms with Gasteiger partial charge in [-0.25, -0.2) is 18.2 Å². The van der Waals surface area contributed by atoms with Crippen LogP contribution in [0.4, 0.5) is 18.9 Å². The average molecular weight is 512 g/mol. The van der Waals surface area contributed by atoms with Crippen molar-refractivity contribution < 1.29 is 27.8 Å². The minimum absolute atomic E-state index is 0.0223. The number of aliphatic hydroxyl groups excluding tert-OH is 1. The van der Waals surface area contributed by atoms with Gasteiger partial charge in [-0.05, 0) is 42.7 Å². The highest BCUT2D eigenvalue weighted by Gasteiger charge is 2.38. The summed E-state index contributed by atoms with van der Waals surface area (Å²) in [6, 6.07) is 6.31. The highest BCUT2D eigenvalue weighted by Crippen LogP contribution is 2.37. The number of hydrogen-bond donors (Lipinski definition) is 3. The zero-order valence-corrected chi connectivity index (χ0v) is 20.0. The summed E-state index contributed by atoms with van der Waals surface area (Å²) in [6.45, 7) is 3.79. The van der Waals surface area contributed by atoms with Crippen molar-refractivity contribution in [3.63, 3.8) is 0 Å². The number of anilines is 1. The van der Waals surface area contributed by atoms with Gasteiger partial charge in [0.05, 0.1) is 41.3 Å². The van der Waals surface area contributed by atoms with E-state index in [4.69, 9.17) is 15.7 Å². The number of amides is 1. The van der Waals surface area contributed by atoms with E-state index < -0.39 is 64.5 Å². The number of ether oxygens (including phenoxy) is 1. The number of nitrogens with zero attached hydrogens (tertiary/aromatic N) is 3. The molecule has 4 N–H and O–H groups in total. The van der Waals surface area contributed by atoms with Crippen molar-refractivity contribution in [2.45, 2.75) is 44.6 Å². The van der Waals surface area contributed by atoms with Gasteiger partial charge < -0.3 is 20.9 Å². The smallest absolute Gasteiger partial charge is 0.274 e. The van der Waals surface area contributed by atoms with Crippen LogP contribution in [0.2, 0.25) is 0 Å². The molecule has 3 aromatic rings. The summed E-state index contributed by atoms with van der Waals surface area (Å²) < 4.78 is 49.7. The lowest BCUT2D eigenvalue weighted by Crippen LogP contribution is -2.51. The van der Waals surface area contributed by atoms with E-state index in [1.807, 2.05) is 13.8 Å². The second-order valence-electron chi connectivity index (χ2n) is 9.06. The van der Waals surface area contributed by atoms with E-state index in [0.29, 0.717) is 5.56 Å². The van der Waals surface area contributed by atoms with Crippen LogP contribution in [0.25, 0.3) is 11.3 Å². The number of aliphatic hydroxyl groups is 1. The van der Waals surface area contributed by atoms with Gasteiger partial charge in [0.2, 0.25) is 0 Å². The third-order valence-electron chi connectivity index (χ3n) is 6.22. The van der Waals surface area contributed by atoms with Crippen LogP contribution in [0.15, 0.2) is 42.7 Å². The topological polar surface area (TPSA) is 134 Å². The number of nitriles is 1. The summed E-state index contributed by atoms with van der Waals surface area (Å²) >= 11 is 0. The number of carbonyl (C=O) groups is 1. The zero-order chi connectivity index (χ0) is 26.9. The molecule has 1 saturated heterocycles. The van der Waals surface area contributed by atoms with Crippen molar-refractivity contribution in [3.8, 4) is 17.3 Å². The van der Waals surface area contributed by atoms with Crippen molar-refractivity contribution in [3.05, 3.63) is 77.0 Å². The summed E-state index contributed by atoms with van der Waals surface area (Å²) in [5.74, 6) is -4.31. The van der Waals surface area contributed by atoms with Crippen molar-refractivity contribution in [1.82, 2.24) is 9.97 Å². The number of halogens is 3. The molecule has 0 unspecified atom stereocenters. The monoisotopic (exact) mass is 511 g/mol. The van der Waals surface area contributed by atoms with Gasteiger partial charge >= 0.3 is 0 Å². The lowest BCUT2D eigenvalue weighted by atomic mass is 9.88. The molecule has 1 aliphatic rings. The number of aromatic nitrogens is 2. The first-order valence-corrected chi connectivity index (χ1v) is 11.5. The molecule has 0 spiro atoms. The molecule has 4 rings (SSSR count). The van der Waals surface area contributed by atoms with E-state index in [9.17, 15) is 23.1 Å². The fourth-order valence-corrected chi connectivity index (χ4v) is 4.28. The Morgan fingerprint density at radius 2 is 1.95 bits per heavy atom. The van der Waals surface area contributed by atoms with Gasteiger partial charge in [-0.15, -0.1) is 0 Å². The molecule has 192 valence electrons.